The summed E-state index contributed by atoms with van der Waals surface area (Å²) in [6, 6.07) is 9.64. The van der Waals surface area contributed by atoms with Gasteiger partial charge in [0.15, 0.2) is 0 Å². The van der Waals surface area contributed by atoms with E-state index in [-0.39, 0.29) is 0 Å². The number of unbranched alkanes of at least 4 members (excludes halogenated alkanes) is 3. The first kappa shape index (κ1) is 14.0. The molecule has 0 heterocycles. The van der Waals surface area contributed by atoms with E-state index in [2.05, 4.69) is 10.8 Å². The fourth-order valence-corrected chi connectivity index (χ4v) is 2.08. The molecule has 0 saturated heterocycles. The molecule has 4 heteroatoms. The van der Waals surface area contributed by atoms with E-state index in [1.807, 2.05) is 24.3 Å². The van der Waals surface area contributed by atoms with Crippen LogP contribution in [-0.4, -0.2) is 18.3 Å². The fraction of sp³-hybridized carbons (Fsp3) is 0.462. The Bertz CT molecular complexity index is 345. The summed E-state index contributed by atoms with van der Waals surface area (Å²) in [4.78, 5) is 1.12. The molecule has 17 heavy (non-hydrogen) atoms. The molecule has 1 aromatic rings. The smallest absolute Gasteiger partial charge is 0.0991 e. The van der Waals surface area contributed by atoms with Crippen molar-refractivity contribution in [3.63, 3.8) is 0 Å². The Morgan fingerprint density at radius 3 is 2.47 bits per heavy atom. The number of aliphatic hydroxyl groups excluding tert-OH is 1. The number of nitrogens with one attached hydrogen (secondary N) is 1. The topological polar surface area (TPSA) is 56.0 Å². The molecule has 0 unspecified atom stereocenters. The van der Waals surface area contributed by atoms with Crippen LogP contribution in [-0.2, 0) is 0 Å². The molecular formula is C13H18N2OS. The van der Waals surface area contributed by atoms with Gasteiger partial charge in [0.05, 0.1) is 11.6 Å². The number of aliphatic hydroxyl groups is 1. The molecule has 1 aromatic carbocycles. The van der Waals surface area contributed by atoms with Gasteiger partial charge in [0.2, 0.25) is 0 Å². The lowest BCUT2D eigenvalue weighted by Gasteiger charge is -2.03. The predicted octanol–water partition coefficient (Wildman–Crippen LogP) is 2.71. The molecule has 0 bridgehead atoms. The Kier molecular flexibility index (Phi) is 7.48. The molecule has 3 nitrogen and oxygen atoms in total. The zero-order chi connectivity index (χ0) is 12.3. The SMILES string of the molecule is N#Cc1ccc(SNCCCCCCO)cc1. The van der Waals surface area contributed by atoms with Gasteiger partial charge < -0.3 is 5.11 Å². The van der Waals surface area contributed by atoms with Crippen molar-refractivity contribution in [1.82, 2.24) is 4.72 Å². The zero-order valence-electron chi connectivity index (χ0n) is 9.85. The molecule has 0 aromatic heterocycles. The Morgan fingerprint density at radius 2 is 1.82 bits per heavy atom. The molecule has 0 saturated carbocycles. The van der Waals surface area contributed by atoms with Crippen LogP contribution in [0.25, 0.3) is 0 Å². The van der Waals surface area contributed by atoms with Crippen molar-refractivity contribution < 1.29 is 5.11 Å². The summed E-state index contributed by atoms with van der Waals surface area (Å²) < 4.78 is 3.29. The van der Waals surface area contributed by atoms with E-state index in [1.165, 1.54) is 0 Å². The first-order valence-corrected chi connectivity index (χ1v) is 6.69. The minimum absolute atomic E-state index is 0.299. The minimum atomic E-state index is 0.299. The highest BCUT2D eigenvalue weighted by atomic mass is 32.2. The maximum absolute atomic E-state index is 8.66. The lowest BCUT2D eigenvalue weighted by molar-refractivity contribution is 0.282. The zero-order valence-corrected chi connectivity index (χ0v) is 10.7. The molecule has 92 valence electrons. The van der Waals surface area contributed by atoms with Crippen molar-refractivity contribution in [2.75, 3.05) is 13.2 Å². The largest absolute Gasteiger partial charge is 0.396 e. The second-order valence-electron chi connectivity index (χ2n) is 3.77. The molecule has 0 fully saturated rings. The highest BCUT2D eigenvalue weighted by Gasteiger charge is 1.95. The number of rotatable bonds is 8. The summed E-state index contributed by atoms with van der Waals surface area (Å²) in [6.45, 7) is 1.27. The Labute approximate surface area is 107 Å². The van der Waals surface area contributed by atoms with Gasteiger partial charge in [0, 0.05) is 18.0 Å². The fourth-order valence-electron chi connectivity index (χ4n) is 1.39. The number of hydrogen-bond donors (Lipinski definition) is 2. The summed E-state index contributed by atoms with van der Waals surface area (Å²) in [7, 11) is 0. The van der Waals surface area contributed by atoms with E-state index in [9.17, 15) is 0 Å². The molecule has 0 aliphatic heterocycles. The quantitative estimate of drug-likeness (QED) is 0.550. The van der Waals surface area contributed by atoms with Crippen molar-refractivity contribution in [3.8, 4) is 6.07 Å². The summed E-state index contributed by atoms with van der Waals surface area (Å²) >= 11 is 1.59. The van der Waals surface area contributed by atoms with Gasteiger partial charge in [-0.2, -0.15) is 5.26 Å². The van der Waals surface area contributed by atoms with Gasteiger partial charge in [-0.15, -0.1) is 0 Å². The van der Waals surface area contributed by atoms with Crippen LogP contribution < -0.4 is 4.72 Å². The molecule has 0 spiro atoms. The van der Waals surface area contributed by atoms with Crippen LogP contribution in [0.4, 0.5) is 0 Å². The monoisotopic (exact) mass is 250 g/mol. The van der Waals surface area contributed by atoms with Crippen molar-refractivity contribution >= 4 is 11.9 Å². The normalized spacial score (nSPS) is 10.1. The highest BCUT2D eigenvalue weighted by Crippen LogP contribution is 2.14. The second kappa shape index (κ2) is 9.06. The number of benzene rings is 1. The average molecular weight is 250 g/mol. The van der Waals surface area contributed by atoms with Crippen molar-refractivity contribution in [2.24, 2.45) is 0 Å². The van der Waals surface area contributed by atoms with Crippen LogP contribution in [0.15, 0.2) is 29.2 Å². The van der Waals surface area contributed by atoms with Crippen molar-refractivity contribution in [1.29, 1.82) is 5.26 Å². The summed E-state index contributed by atoms with van der Waals surface area (Å²) in [5.41, 5.74) is 0.693. The third kappa shape index (κ3) is 6.32. The Morgan fingerprint density at radius 1 is 1.12 bits per heavy atom. The van der Waals surface area contributed by atoms with Crippen LogP contribution in [0, 0.1) is 11.3 Å². The van der Waals surface area contributed by atoms with Crippen LogP contribution in [0.2, 0.25) is 0 Å². The third-order valence-electron chi connectivity index (χ3n) is 2.36. The van der Waals surface area contributed by atoms with Crippen molar-refractivity contribution in [2.45, 2.75) is 30.6 Å². The molecule has 0 aliphatic rings. The van der Waals surface area contributed by atoms with E-state index in [0.29, 0.717) is 12.2 Å². The van der Waals surface area contributed by atoms with E-state index < -0.39 is 0 Å². The van der Waals surface area contributed by atoms with Gasteiger partial charge in [0.1, 0.15) is 0 Å². The van der Waals surface area contributed by atoms with Gasteiger partial charge in [-0.1, -0.05) is 12.8 Å². The first-order valence-electron chi connectivity index (χ1n) is 5.87. The standard InChI is InChI=1S/C13H18N2OS/c14-11-12-5-7-13(8-6-12)17-15-9-3-1-2-4-10-16/h5-8,15-16H,1-4,9-10H2. The summed E-state index contributed by atoms with van der Waals surface area (Å²) in [6.07, 6.45) is 4.28. The summed E-state index contributed by atoms with van der Waals surface area (Å²) in [5, 5.41) is 17.3. The molecule has 1 rings (SSSR count). The number of nitrogens with zero attached hydrogens (tertiary/aromatic N) is 1. The number of nitriles is 1. The van der Waals surface area contributed by atoms with E-state index in [1.54, 1.807) is 11.9 Å². The van der Waals surface area contributed by atoms with Gasteiger partial charge in [-0.05, 0) is 49.1 Å². The lowest BCUT2D eigenvalue weighted by atomic mass is 10.2. The van der Waals surface area contributed by atoms with E-state index in [0.717, 1.165) is 37.1 Å². The molecule has 0 atom stereocenters. The van der Waals surface area contributed by atoms with Gasteiger partial charge in [-0.25, -0.2) is 0 Å². The number of hydrogen-bond acceptors (Lipinski definition) is 4. The summed E-state index contributed by atoms with van der Waals surface area (Å²) in [5.74, 6) is 0. The van der Waals surface area contributed by atoms with Crippen LogP contribution in [0.3, 0.4) is 0 Å². The van der Waals surface area contributed by atoms with Gasteiger partial charge in [0.25, 0.3) is 0 Å². The molecule has 0 amide bonds. The Hall–Kier alpha value is -1.02. The molecule has 2 N–H and O–H groups in total. The predicted molar refractivity (Wildman–Crippen MR) is 70.6 cm³/mol. The third-order valence-corrected chi connectivity index (χ3v) is 3.22. The van der Waals surface area contributed by atoms with Gasteiger partial charge >= 0.3 is 0 Å². The maximum atomic E-state index is 8.66. The second-order valence-corrected chi connectivity index (χ2v) is 4.73. The van der Waals surface area contributed by atoms with Crippen LogP contribution >= 0.6 is 11.9 Å². The minimum Gasteiger partial charge on any atom is -0.396 e. The van der Waals surface area contributed by atoms with Crippen LogP contribution in [0.1, 0.15) is 31.2 Å². The average Bonchev–Trinajstić information content (AvgIpc) is 2.38. The van der Waals surface area contributed by atoms with Gasteiger partial charge in [-0.3, -0.25) is 4.72 Å². The van der Waals surface area contributed by atoms with Crippen molar-refractivity contribution in [3.05, 3.63) is 29.8 Å². The molecular weight excluding hydrogens is 232 g/mol. The highest BCUT2D eigenvalue weighted by molar-refractivity contribution is 7.97. The van der Waals surface area contributed by atoms with E-state index in [4.69, 9.17) is 10.4 Å². The molecule has 0 radical (unpaired) electrons. The van der Waals surface area contributed by atoms with Crippen LogP contribution in [0.5, 0.6) is 0 Å². The van der Waals surface area contributed by atoms with E-state index >= 15 is 0 Å². The first-order chi connectivity index (χ1) is 8.36. The maximum Gasteiger partial charge on any atom is 0.0991 e. The molecule has 0 aliphatic carbocycles. The Balaban J connectivity index is 2.08. The lowest BCUT2D eigenvalue weighted by Crippen LogP contribution is -2.05.